The number of aromatic nitrogens is 2. The van der Waals surface area contributed by atoms with E-state index in [-0.39, 0.29) is 16.6 Å². The zero-order valence-electron chi connectivity index (χ0n) is 10.6. The third-order valence-electron chi connectivity index (χ3n) is 2.60. The highest BCUT2D eigenvalue weighted by molar-refractivity contribution is 6.33. The maximum absolute atomic E-state index is 12.0. The summed E-state index contributed by atoms with van der Waals surface area (Å²) < 4.78 is 0. The van der Waals surface area contributed by atoms with Crippen molar-refractivity contribution in [2.24, 2.45) is 5.84 Å². The minimum atomic E-state index is -0.344. The van der Waals surface area contributed by atoms with Crippen LogP contribution in [0.1, 0.15) is 16.2 Å². The number of halogens is 1. The Balaban J connectivity index is 1.95. The van der Waals surface area contributed by atoms with Crippen LogP contribution in [0.15, 0.2) is 36.5 Å². The summed E-state index contributed by atoms with van der Waals surface area (Å²) in [6, 6.07) is 8.80. The molecule has 2 heterocycles. The zero-order valence-corrected chi connectivity index (χ0v) is 11.4. The van der Waals surface area contributed by atoms with Crippen molar-refractivity contribution in [1.82, 2.24) is 15.3 Å². The Morgan fingerprint density at radius 1 is 1.30 bits per heavy atom. The monoisotopic (exact) mass is 291 g/mol. The first kappa shape index (κ1) is 14.2. The van der Waals surface area contributed by atoms with Crippen LogP contribution < -0.4 is 16.6 Å². The van der Waals surface area contributed by atoms with Gasteiger partial charge in [-0.15, -0.1) is 0 Å². The van der Waals surface area contributed by atoms with Crippen molar-refractivity contribution in [2.75, 3.05) is 12.0 Å². The standard InChI is InChI=1S/C13H14ClN5O/c14-10-4-5-11(19-15)18-12(10)13(20)17-8-6-9-3-1-2-7-16-9/h1-5,7H,6,8,15H2,(H,17,20)(H,18,19). The van der Waals surface area contributed by atoms with Gasteiger partial charge in [0, 0.05) is 24.9 Å². The van der Waals surface area contributed by atoms with Crippen molar-refractivity contribution >= 4 is 23.3 Å². The molecule has 0 aliphatic heterocycles. The number of rotatable bonds is 5. The first-order valence-corrected chi connectivity index (χ1v) is 6.40. The number of anilines is 1. The Kier molecular flexibility index (Phi) is 4.86. The van der Waals surface area contributed by atoms with Gasteiger partial charge in [0.05, 0.1) is 5.02 Å². The number of nitrogens with one attached hydrogen (secondary N) is 2. The second-order valence-electron chi connectivity index (χ2n) is 4.00. The average Bonchev–Trinajstić information content (AvgIpc) is 2.48. The Bertz CT molecular complexity index is 591. The number of nitrogen functional groups attached to an aromatic ring is 1. The predicted octanol–water partition coefficient (Wildman–Crippen LogP) is 1.39. The molecule has 0 bridgehead atoms. The van der Waals surface area contributed by atoms with Crippen LogP contribution in [0, 0.1) is 0 Å². The lowest BCUT2D eigenvalue weighted by Crippen LogP contribution is -2.27. The van der Waals surface area contributed by atoms with Crippen molar-refractivity contribution in [3.05, 3.63) is 52.9 Å². The summed E-state index contributed by atoms with van der Waals surface area (Å²) in [5.41, 5.74) is 3.42. The van der Waals surface area contributed by atoms with Gasteiger partial charge in [0.1, 0.15) is 11.5 Å². The molecule has 0 saturated heterocycles. The maximum Gasteiger partial charge on any atom is 0.271 e. The molecule has 2 rings (SSSR count). The summed E-state index contributed by atoms with van der Waals surface area (Å²) in [4.78, 5) is 20.2. The van der Waals surface area contributed by atoms with Gasteiger partial charge in [-0.2, -0.15) is 0 Å². The van der Waals surface area contributed by atoms with E-state index < -0.39 is 0 Å². The molecule has 2 aromatic heterocycles. The van der Waals surface area contributed by atoms with E-state index in [0.29, 0.717) is 18.8 Å². The molecule has 20 heavy (non-hydrogen) atoms. The molecule has 0 saturated carbocycles. The summed E-state index contributed by atoms with van der Waals surface area (Å²) >= 11 is 5.94. The lowest BCUT2D eigenvalue weighted by Gasteiger charge is -2.07. The number of nitrogens with zero attached hydrogens (tertiary/aromatic N) is 2. The SMILES string of the molecule is NNc1ccc(Cl)c(C(=O)NCCc2ccccn2)n1. The fourth-order valence-electron chi connectivity index (χ4n) is 1.62. The number of hydrogen-bond acceptors (Lipinski definition) is 5. The second kappa shape index (κ2) is 6.83. The quantitative estimate of drug-likeness (QED) is 0.572. The molecule has 4 N–H and O–H groups in total. The van der Waals surface area contributed by atoms with Crippen molar-refractivity contribution in [3.63, 3.8) is 0 Å². The Morgan fingerprint density at radius 2 is 2.15 bits per heavy atom. The molecule has 6 nitrogen and oxygen atoms in total. The summed E-state index contributed by atoms with van der Waals surface area (Å²) in [5.74, 6) is 5.28. The predicted molar refractivity (Wildman–Crippen MR) is 77.3 cm³/mol. The molecule has 1 amide bonds. The third-order valence-corrected chi connectivity index (χ3v) is 2.91. The first-order chi connectivity index (χ1) is 9.70. The topological polar surface area (TPSA) is 92.9 Å². The van der Waals surface area contributed by atoms with E-state index in [9.17, 15) is 4.79 Å². The Hall–Kier alpha value is -2.18. The zero-order chi connectivity index (χ0) is 14.4. The second-order valence-corrected chi connectivity index (χ2v) is 4.41. The smallest absolute Gasteiger partial charge is 0.271 e. The number of amides is 1. The van der Waals surface area contributed by atoms with Gasteiger partial charge in [-0.05, 0) is 24.3 Å². The Morgan fingerprint density at radius 3 is 2.85 bits per heavy atom. The van der Waals surface area contributed by atoms with Crippen molar-refractivity contribution < 1.29 is 4.79 Å². The fourth-order valence-corrected chi connectivity index (χ4v) is 1.81. The highest BCUT2D eigenvalue weighted by atomic mass is 35.5. The number of carbonyl (C=O) groups excluding carboxylic acids is 1. The molecule has 7 heteroatoms. The highest BCUT2D eigenvalue weighted by Crippen LogP contribution is 2.15. The molecule has 0 unspecified atom stereocenters. The van der Waals surface area contributed by atoms with Gasteiger partial charge in [-0.3, -0.25) is 9.78 Å². The van der Waals surface area contributed by atoms with Gasteiger partial charge in [0.15, 0.2) is 0 Å². The van der Waals surface area contributed by atoms with Crippen LogP contribution in [0.5, 0.6) is 0 Å². The van der Waals surface area contributed by atoms with E-state index in [0.717, 1.165) is 5.69 Å². The minimum Gasteiger partial charge on any atom is -0.350 e. The molecular weight excluding hydrogens is 278 g/mol. The van der Waals surface area contributed by atoms with Gasteiger partial charge in [0.2, 0.25) is 0 Å². The largest absolute Gasteiger partial charge is 0.350 e. The van der Waals surface area contributed by atoms with Gasteiger partial charge in [-0.25, -0.2) is 10.8 Å². The van der Waals surface area contributed by atoms with Gasteiger partial charge < -0.3 is 10.7 Å². The van der Waals surface area contributed by atoms with E-state index in [1.54, 1.807) is 18.3 Å². The molecule has 2 aromatic rings. The number of pyridine rings is 2. The fraction of sp³-hybridized carbons (Fsp3) is 0.154. The Labute approximate surface area is 121 Å². The minimum absolute atomic E-state index is 0.142. The maximum atomic E-state index is 12.0. The molecule has 104 valence electrons. The van der Waals surface area contributed by atoms with Crippen LogP contribution in [-0.4, -0.2) is 22.4 Å². The number of nitrogens with two attached hydrogens (primary N) is 1. The molecule has 0 aliphatic rings. The summed E-state index contributed by atoms with van der Waals surface area (Å²) in [6.07, 6.45) is 2.35. The lowest BCUT2D eigenvalue weighted by molar-refractivity contribution is 0.0949. The molecule has 0 atom stereocenters. The van der Waals surface area contributed by atoms with Crippen molar-refractivity contribution in [3.8, 4) is 0 Å². The summed E-state index contributed by atoms with van der Waals surface area (Å²) in [5, 5.41) is 3.02. The third kappa shape index (κ3) is 3.66. The molecule has 0 aliphatic carbocycles. The van der Waals surface area contributed by atoms with Gasteiger partial charge in [0.25, 0.3) is 5.91 Å². The number of carbonyl (C=O) groups is 1. The number of hydrazine groups is 1. The van der Waals surface area contributed by atoms with E-state index in [1.165, 1.54) is 0 Å². The van der Waals surface area contributed by atoms with E-state index in [4.69, 9.17) is 17.4 Å². The molecular formula is C13H14ClN5O. The van der Waals surface area contributed by atoms with Gasteiger partial charge in [-0.1, -0.05) is 17.7 Å². The van der Waals surface area contributed by atoms with Crippen LogP contribution in [-0.2, 0) is 6.42 Å². The average molecular weight is 292 g/mol. The van der Waals surface area contributed by atoms with Crippen molar-refractivity contribution in [1.29, 1.82) is 0 Å². The van der Waals surface area contributed by atoms with Crippen LogP contribution in [0.2, 0.25) is 5.02 Å². The van der Waals surface area contributed by atoms with E-state index in [2.05, 4.69) is 20.7 Å². The summed E-state index contributed by atoms with van der Waals surface area (Å²) in [7, 11) is 0. The van der Waals surface area contributed by atoms with Gasteiger partial charge >= 0.3 is 0 Å². The van der Waals surface area contributed by atoms with Crippen molar-refractivity contribution in [2.45, 2.75) is 6.42 Å². The van der Waals surface area contributed by atoms with Crippen LogP contribution in [0.4, 0.5) is 5.82 Å². The first-order valence-electron chi connectivity index (χ1n) is 6.02. The van der Waals surface area contributed by atoms with E-state index >= 15 is 0 Å². The lowest BCUT2D eigenvalue weighted by atomic mass is 10.2. The van der Waals surface area contributed by atoms with E-state index in [1.807, 2.05) is 18.2 Å². The van der Waals surface area contributed by atoms with Crippen LogP contribution in [0.3, 0.4) is 0 Å². The number of hydrogen-bond donors (Lipinski definition) is 3. The molecule has 0 aromatic carbocycles. The summed E-state index contributed by atoms with van der Waals surface area (Å²) in [6.45, 7) is 0.453. The van der Waals surface area contributed by atoms with Crippen LogP contribution >= 0.6 is 11.6 Å². The normalized spacial score (nSPS) is 10.1. The highest BCUT2D eigenvalue weighted by Gasteiger charge is 2.12. The molecule has 0 spiro atoms. The molecule has 0 fully saturated rings. The molecule has 0 radical (unpaired) electrons. The van der Waals surface area contributed by atoms with Crippen LogP contribution in [0.25, 0.3) is 0 Å².